The van der Waals surface area contributed by atoms with Crippen LogP contribution in [0.4, 0.5) is 0 Å². The van der Waals surface area contributed by atoms with Gasteiger partial charge in [0.1, 0.15) is 11.4 Å². The molecule has 3 heteroatoms. The van der Waals surface area contributed by atoms with Crippen LogP contribution in [0.5, 0.6) is 5.75 Å². The van der Waals surface area contributed by atoms with E-state index in [-0.39, 0.29) is 0 Å². The van der Waals surface area contributed by atoms with E-state index in [2.05, 4.69) is 4.98 Å². The van der Waals surface area contributed by atoms with E-state index in [1.807, 2.05) is 37.3 Å². The van der Waals surface area contributed by atoms with Crippen molar-refractivity contribution in [3.8, 4) is 5.75 Å². The summed E-state index contributed by atoms with van der Waals surface area (Å²) in [5.41, 5.74) is 3.76. The molecule has 3 nitrogen and oxygen atoms in total. The number of rotatable bonds is 0. The lowest BCUT2D eigenvalue weighted by Gasteiger charge is -2.14. The van der Waals surface area contributed by atoms with Crippen LogP contribution in [0.1, 0.15) is 28.7 Å². The number of aliphatic hydroxyl groups is 1. The van der Waals surface area contributed by atoms with Gasteiger partial charge in [-0.15, -0.1) is 0 Å². The van der Waals surface area contributed by atoms with Crippen molar-refractivity contribution in [1.82, 2.24) is 4.98 Å². The number of hydrogen-bond donors (Lipinski definition) is 1. The smallest absolute Gasteiger partial charge is 0.241 e. The number of aryl methyl sites for hydroxylation is 1. The minimum absolute atomic E-state index is 0.614. The molecule has 0 saturated carbocycles. The second-order valence-corrected chi connectivity index (χ2v) is 4.26. The molecule has 1 N–H and O–H groups in total. The molecular formula is C14H13NO2. The lowest BCUT2D eigenvalue weighted by atomic mass is 10.0. The topological polar surface area (TPSA) is 42.4 Å². The Hall–Kier alpha value is -1.87. The molecule has 0 aliphatic carbocycles. The van der Waals surface area contributed by atoms with E-state index in [4.69, 9.17) is 4.74 Å². The molecule has 2 aromatic rings. The van der Waals surface area contributed by atoms with Crippen LogP contribution in [-0.2, 0) is 6.42 Å². The molecule has 0 saturated heterocycles. The summed E-state index contributed by atoms with van der Waals surface area (Å²) in [5.74, 6) is 0.776. The summed E-state index contributed by atoms with van der Waals surface area (Å²) in [4.78, 5) is 4.20. The fraction of sp³-hybridized carbons (Fsp3) is 0.214. The number of aliphatic hydroxyl groups excluding tert-OH is 1. The van der Waals surface area contributed by atoms with Crippen LogP contribution >= 0.6 is 0 Å². The van der Waals surface area contributed by atoms with Crippen LogP contribution in [0, 0.1) is 6.92 Å². The molecule has 1 aliphatic rings. The van der Waals surface area contributed by atoms with Gasteiger partial charge < -0.3 is 9.84 Å². The van der Waals surface area contributed by atoms with Crippen molar-refractivity contribution in [3.63, 3.8) is 0 Å². The number of benzene rings is 1. The van der Waals surface area contributed by atoms with Gasteiger partial charge >= 0.3 is 0 Å². The van der Waals surface area contributed by atoms with Crippen LogP contribution in [0.3, 0.4) is 0 Å². The van der Waals surface area contributed by atoms with Gasteiger partial charge in [0, 0.05) is 12.6 Å². The molecule has 2 heterocycles. The van der Waals surface area contributed by atoms with Gasteiger partial charge in [0.25, 0.3) is 0 Å². The first-order valence-electron chi connectivity index (χ1n) is 5.62. The highest BCUT2D eigenvalue weighted by Crippen LogP contribution is 2.33. The maximum Gasteiger partial charge on any atom is 0.241 e. The highest BCUT2D eigenvalue weighted by molar-refractivity contribution is 5.45. The molecule has 1 aromatic heterocycles. The summed E-state index contributed by atoms with van der Waals surface area (Å²) in [6.07, 6.45) is 1.44. The fourth-order valence-electron chi connectivity index (χ4n) is 2.22. The van der Waals surface area contributed by atoms with Gasteiger partial charge in [-0.05, 0) is 29.7 Å². The Morgan fingerprint density at radius 3 is 2.94 bits per heavy atom. The maximum atomic E-state index is 10.0. The summed E-state index contributed by atoms with van der Waals surface area (Å²) < 4.78 is 5.61. The third-order valence-electron chi connectivity index (χ3n) is 3.06. The SMILES string of the molecule is Cc1cccc2c1OC(O)c1ncccc1C2. The molecular weight excluding hydrogens is 214 g/mol. The van der Waals surface area contributed by atoms with Gasteiger partial charge in [-0.2, -0.15) is 0 Å². The summed E-state index contributed by atoms with van der Waals surface area (Å²) >= 11 is 0. The zero-order valence-corrected chi connectivity index (χ0v) is 9.55. The number of para-hydroxylation sites is 1. The van der Waals surface area contributed by atoms with E-state index >= 15 is 0 Å². The Balaban J connectivity index is 2.17. The zero-order chi connectivity index (χ0) is 11.8. The number of pyridine rings is 1. The van der Waals surface area contributed by atoms with E-state index in [0.717, 1.165) is 28.9 Å². The first-order valence-corrected chi connectivity index (χ1v) is 5.62. The average molecular weight is 227 g/mol. The molecule has 17 heavy (non-hydrogen) atoms. The van der Waals surface area contributed by atoms with Gasteiger partial charge in [-0.25, -0.2) is 0 Å². The van der Waals surface area contributed by atoms with Crippen LogP contribution in [0.25, 0.3) is 0 Å². The lowest BCUT2D eigenvalue weighted by Crippen LogP contribution is -2.09. The van der Waals surface area contributed by atoms with Crippen molar-refractivity contribution in [2.75, 3.05) is 0 Å². The molecule has 0 spiro atoms. The van der Waals surface area contributed by atoms with E-state index in [0.29, 0.717) is 5.69 Å². The third kappa shape index (κ3) is 1.68. The Morgan fingerprint density at radius 1 is 1.24 bits per heavy atom. The summed E-state index contributed by atoms with van der Waals surface area (Å²) in [6, 6.07) is 9.87. The van der Waals surface area contributed by atoms with E-state index in [1.165, 1.54) is 0 Å². The Bertz CT molecular complexity index is 566. The molecule has 0 fully saturated rings. The normalized spacial score (nSPS) is 17.6. The van der Waals surface area contributed by atoms with Crippen molar-refractivity contribution in [1.29, 1.82) is 0 Å². The van der Waals surface area contributed by atoms with E-state index in [1.54, 1.807) is 6.20 Å². The van der Waals surface area contributed by atoms with Gasteiger partial charge in [0.05, 0.1) is 0 Å². The molecule has 1 aromatic carbocycles. The van der Waals surface area contributed by atoms with Crippen molar-refractivity contribution in [2.24, 2.45) is 0 Å². The minimum Gasteiger partial charge on any atom is -0.459 e. The van der Waals surface area contributed by atoms with Gasteiger partial charge in [0.2, 0.25) is 6.29 Å². The van der Waals surface area contributed by atoms with Crippen LogP contribution in [0.15, 0.2) is 36.5 Å². The van der Waals surface area contributed by atoms with Crippen molar-refractivity contribution >= 4 is 0 Å². The molecule has 3 rings (SSSR count). The highest BCUT2D eigenvalue weighted by Gasteiger charge is 2.22. The monoisotopic (exact) mass is 227 g/mol. The molecule has 0 radical (unpaired) electrons. The Kier molecular flexibility index (Phi) is 2.34. The highest BCUT2D eigenvalue weighted by atomic mass is 16.6. The second kappa shape index (κ2) is 3.86. The lowest BCUT2D eigenvalue weighted by molar-refractivity contribution is -0.0227. The minimum atomic E-state index is -0.978. The first kappa shape index (κ1) is 10.3. The quantitative estimate of drug-likeness (QED) is 0.751. The van der Waals surface area contributed by atoms with Crippen molar-refractivity contribution in [2.45, 2.75) is 19.6 Å². The molecule has 86 valence electrons. The van der Waals surface area contributed by atoms with Gasteiger partial charge in [-0.3, -0.25) is 4.98 Å². The fourth-order valence-corrected chi connectivity index (χ4v) is 2.22. The third-order valence-corrected chi connectivity index (χ3v) is 3.06. The van der Waals surface area contributed by atoms with Crippen LogP contribution in [-0.4, -0.2) is 10.1 Å². The van der Waals surface area contributed by atoms with Crippen molar-refractivity contribution < 1.29 is 9.84 Å². The number of hydrogen-bond acceptors (Lipinski definition) is 3. The predicted octanol–water partition coefficient (Wildman–Crippen LogP) is 2.36. The van der Waals surface area contributed by atoms with Crippen LogP contribution < -0.4 is 4.74 Å². The number of ether oxygens (including phenoxy) is 1. The van der Waals surface area contributed by atoms with Gasteiger partial charge in [-0.1, -0.05) is 24.3 Å². The largest absolute Gasteiger partial charge is 0.459 e. The Labute approximate surface area is 99.7 Å². The molecule has 0 amide bonds. The van der Waals surface area contributed by atoms with Gasteiger partial charge in [0.15, 0.2) is 0 Å². The van der Waals surface area contributed by atoms with E-state index in [9.17, 15) is 5.11 Å². The number of fused-ring (bicyclic) bond motifs is 2. The van der Waals surface area contributed by atoms with Crippen LogP contribution in [0.2, 0.25) is 0 Å². The Morgan fingerprint density at radius 2 is 2.06 bits per heavy atom. The second-order valence-electron chi connectivity index (χ2n) is 4.26. The molecule has 0 bridgehead atoms. The molecule has 1 unspecified atom stereocenters. The summed E-state index contributed by atoms with van der Waals surface area (Å²) in [5, 5.41) is 10.0. The first-order chi connectivity index (χ1) is 8.25. The van der Waals surface area contributed by atoms with Crippen molar-refractivity contribution in [3.05, 3.63) is 58.9 Å². The average Bonchev–Trinajstić information content (AvgIpc) is 2.47. The number of nitrogens with zero attached hydrogens (tertiary/aromatic N) is 1. The standard InChI is InChI=1S/C14H13NO2/c1-9-4-2-5-11-8-10-6-3-7-15-12(10)14(16)17-13(9)11/h2-7,14,16H,8H2,1H3. The van der Waals surface area contributed by atoms with E-state index < -0.39 is 6.29 Å². The molecule has 1 aliphatic heterocycles. The summed E-state index contributed by atoms with van der Waals surface area (Å²) in [6.45, 7) is 1.98. The summed E-state index contributed by atoms with van der Waals surface area (Å²) in [7, 11) is 0. The zero-order valence-electron chi connectivity index (χ0n) is 9.55. The predicted molar refractivity (Wildman–Crippen MR) is 63.8 cm³/mol. The maximum absolute atomic E-state index is 10.0. The number of aromatic nitrogens is 1. The molecule has 1 atom stereocenters.